The first kappa shape index (κ1) is 12.7. The van der Waals surface area contributed by atoms with Gasteiger partial charge in [-0.1, -0.05) is 18.2 Å². The lowest BCUT2D eigenvalue weighted by Gasteiger charge is -2.31. The molecule has 5 heteroatoms. The molecule has 0 saturated carbocycles. The molecule has 2 aromatic rings. The Morgan fingerprint density at radius 1 is 1.15 bits per heavy atom. The zero-order valence-corrected chi connectivity index (χ0v) is 11.2. The molecule has 1 saturated heterocycles. The van der Waals surface area contributed by atoms with Crippen LogP contribution in [0.2, 0.25) is 0 Å². The van der Waals surface area contributed by atoms with Crippen LogP contribution in [-0.4, -0.2) is 33.9 Å². The van der Waals surface area contributed by atoms with Crippen molar-refractivity contribution < 1.29 is 9.53 Å². The highest BCUT2D eigenvalue weighted by molar-refractivity contribution is 5.70. The Hall–Kier alpha value is -2.30. The Balaban J connectivity index is 1.54. The molecule has 0 bridgehead atoms. The molecule has 0 spiro atoms. The van der Waals surface area contributed by atoms with Crippen LogP contribution in [0.3, 0.4) is 0 Å². The monoisotopic (exact) mass is 271 g/mol. The maximum absolute atomic E-state index is 12.0. The lowest BCUT2D eigenvalue weighted by molar-refractivity contribution is 0.130. The topological polar surface area (TPSA) is 47.4 Å². The zero-order chi connectivity index (χ0) is 13.8. The number of hydrogen-bond donors (Lipinski definition) is 0. The summed E-state index contributed by atoms with van der Waals surface area (Å²) in [6.07, 6.45) is 5.31. The highest BCUT2D eigenvalue weighted by atomic mass is 16.6. The van der Waals surface area contributed by atoms with Gasteiger partial charge in [-0.2, -0.15) is 5.10 Å². The summed E-state index contributed by atoms with van der Waals surface area (Å²) in [5.41, 5.74) is 0. The third-order valence-corrected chi connectivity index (χ3v) is 3.57. The molecule has 1 aromatic carbocycles. The number of benzene rings is 1. The van der Waals surface area contributed by atoms with Gasteiger partial charge in [0.2, 0.25) is 0 Å². The molecule has 1 aliphatic heterocycles. The summed E-state index contributed by atoms with van der Waals surface area (Å²) >= 11 is 0. The largest absolute Gasteiger partial charge is 0.415 e. The molecule has 0 N–H and O–H groups in total. The second kappa shape index (κ2) is 5.77. The van der Waals surface area contributed by atoms with Crippen molar-refractivity contribution in [2.24, 2.45) is 0 Å². The van der Waals surface area contributed by atoms with Crippen molar-refractivity contribution in [2.75, 3.05) is 13.1 Å². The number of carbonyl (C=O) groups excluding carboxylic acids is 1. The van der Waals surface area contributed by atoms with Crippen molar-refractivity contribution in [3.63, 3.8) is 0 Å². The average Bonchev–Trinajstić information content (AvgIpc) is 3.03. The summed E-state index contributed by atoms with van der Waals surface area (Å²) in [5.74, 6) is 0.590. The number of rotatable bonds is 2. The van der Waals surface area contributed by atoms with E-state index in [-0.39, 0.29) is 6.09 Å². The number of para-hydroxylation sites is 1. The van der Waals surface area contributed by atoms with Crippen LogP contribution < -0.4 is 4.74 Å². The van der Waals surface area contributed by atoms with Crippen molar-refractivity contribution in [2.45, 2.75) is 18.9 Å². The van der Waals surface area contributed by atoms with E-state index in [2.05, 4.69) is 5.10 Å². The second-order valence-electron chi connectivity index (χ2n) is 4.89. The third-order valence-electron chi connectivity index (χ3n) is 3.57. The predicted molar refractivity (Wildman–Crippen MR) is 74.5 cm³/mol. The van der Waals surface area contributed by atoms with Crippen molar-refractivity contribution in [1.29, 1.82) is 0 Å². The van der Waals surface area contributed by atoms with Crippen LogP contribution >= 0.6 is 0 Å². The number of aromatic nitrogens is 2. The van der Waals surface area contributed by atoms with Crippen LogP contribution in [0.4, 0.5) is 4.79 Å². The molecule has 20 heavy (non-hydrogen) atoms. The fourth-order valence-corrected chi connectivity index (χ4v) is 2.46. The maximum Gasteiger partial charge on any atom is 0.415 e. The maximum atomic E-state index is 12.0. The summed E-state index contributed by atoms with van der Waals surface area (Å²) in [6, 6.07) is 11.5. The third kappa shape index (κ3) is 2.82. The molecule has 0 unspecified atom stereocenters. The molecule has 3 rings (SSSR count). The van der Waals surface area contributed by atoms with Gasteiger partial charge in [-0.25, -0.2) is 4.79 Å². The first-order chi connectivity index (χ1) is 9.83. The normalized spacial score (nSPS) is 16.1. The van der Waals surface area contributed by atoms with Gasteiger partial charge in [0.25, 0.3) is 0 Å². The second-order valence-corrected chi connectivity index (χ2v) is 4.89. The standard InChI is InChI=1S/C15H17N3O2/c19-15(20-14-5-2-1-3-6-14)17-11-7-13(8-12-17)18-10-4-9-16-18/h1-6,9-10,13H,7-8,11-12H2. The number of ether oxygens (including phenoxy) is 1. The fraction of sp³-hybridized carbons (Fsp3) is 0.333. The Labute approximate surface area is 117 Å². The molecule has 1 fully saturated rings. The quantitative estimate of drug-likeness (QED) is 0.843. The Kier molecular flexibility index (Phi) is 3.67. The molecule has 5 nitrogen and oxygen atoms in total. The van der Waals surface area contributed by atoms with Crippen LogP contribution in [0.1, 0.15) is 18.9 Å². The molecular weight excluding hydrogens is 254 g/mol. The Bertz CT molecular complexity index is 546. The molecule has 1 aromatic heterocycles. The molecule has 104 valence electrons. The van der Waals surface area contributed by atoms with Crippen LogP contribution in [0, 0.1) is 0 Å². The first-order valence-electron chi connectivity index (χ1n) is 6.84. The van der Waals surface area contributed by atoms with E-state index in [1.54, 1.807) is 23.2 Å². The van der Waals surface area contributed by atoms with Gasteiger partial charge in [0.15, 0.2) is 0 Å². The Morgan fingerprint density at radius 3 is 2.55 bits per heavy atom. The van der Waals surface area contributed by atoms with E-state index in [0.29, 0.717) is 24.9 Å². The van der Waals surface area contributed by atoms with E-state index < -0.39 is 0 Å². The molecule has 1 amide bonds. The van der Waals surface area contributed by atoms with E-state index >= 15 is 0 Å². The van der Waals surface area contributed by atoms with Gasteiger partial charge in [0, 0.05) is 25.5 Å². The minimum absolute atomic E-state index is 0.268. The molecule has 2 heterocycles. The van der Waals surface area contributed by atoms with Crippen LogP contribution in [0.25, 0.3) is 0 Å². The van der Waals surface area contributed by atoms with Crippen molar-refractivity contribution in [3.8, 4) is 5.75 Å². The SMILES string of the molecule is O=C(Oc1ccccc1)N1CCC(n2cccn2)CC1. The van der Waals surface area contributed by atoms with Gasteiger partial charge < -0.3 is 9.64 Å². The van der Waals surface area contributed by atoms with E-state index in [1.807, 2.05) is 35.1 Å². The van der Waals surface area contributed by atoms with Gasteiger partial charge in [-0.3, -0.25) is 4.68 Å². The predicted octanol–water partition coefficient (Wildman–Crippen LogP) is 2.72. The average molecular weight is 271 g/mol. The summed E-state index contributed by atoms with van der Waals surface area (Å²) in [7, 11) is 0. The van der Waals surface area contributed by atoms with Crippen molar-refractivity contribution in [1.82, 2.24) is 14.7 Å². The van der Waals surface area contributed by atoms with Gasteiger partial charge >= 0.3 is 6.09 Å². The molecular formula is C15H17N3O2. The molecule has 1 aliphatic rings. The summed E-state index contributed by atoms with van der Waals surface area (Å²) in [5, 5.41) is 4.26. The van der Waals surface area contributed by atoms with E-state index in [1.165, 1.54) is 0 Å². The van der Waals surface area contributed by atoms with E-state index in [0.717, 1.165) is 12.8 Å². The molecule has 0 radical (unpaired) electrons. The highest BCUT2D eigenvalue weighted by Gasteiger charge is 2.25. The Morgan fingerprint density at radius 2 is 1.90 bits per heavy atom. The number of carbonyl (C=O) groups is 1. The van der Waals surface area contributed by atoms with Gasteiger partial charge in [-0.15, -0.1) is 0 Å². The number of amides is 1. The summed E-state index contributed by atoms with van der Waals surface area (Å²) in [4.78, 5) is 13.8. The number of likely N-dealkylation sites (tertiary alicyclic amines) is 1. The minimum Gasteiger partial charge on any atom is -0.410 e. The number of hydrogen-bond acceptors (Lipinski definition) is 3. The summed E-state index contributed by atoms with van der Waals surface area (Å²) in [6.45, 7) is 1.41. The van der Waals surface area contributed by atoms with Crippen LogP contribution in [0.15, 0.2) is 48.8 Å². The lowest BCUT2D eigenvalue weighted by Crippen LogP contribution is -2.40. The molecule has 0 aliphatic carbocycles. The van der Waals surface area contributed by atoms with Gasteiger partial charge in [-0.05, 0) is 31.0 Å². The van der Waals surface area contributed by atoms with E-state index in [9.17, 15) is 4.79 Å². The lowest BCUT2D eigenvalue weighted by atomic mass is 10.1. The number of piperidine rings is 1. The smallest absolute Gasteiger partial charge is 0.410 e. The van der Waals surface area contributed by atoms with Gasteiger partial charge in [0.05, 0.1) is 6.04 Å². The molecule has 0 atom stereocenters. The van der Waals surface area contributed by atoms with Crippen molar-refractivity contribution in [3.05, 3.63) is 48.8 Å². The highest BCUT2D eigenvalue weighted by Crippen LogP contribution is 2.22. The van der Waals surface area contributed by atoms with Crippen LogP contribution in [0.5, 0.6) is 5.75 Å². The minimum atomic E-state index is -0.268. The van der Waals surface area contributed by atoms with Gasteiger partial charge in [0.1, 0.15) is 5.75 Å². The first-order valence-corrected chi connectivity index (χ1v) is 6.84. The number of nitrogens with zero attached hydrogens (tertiary/aromatic N) is 3. The van der Waals surface area contributed by atoms with Crippen LogP contribution in [-0.2, 0) is 0 Å². The zero-order valence-electron chi connectivity index (χ0n) is 11.2. The fourth-order valence-electron chi connectivity index (χ4n) is 2.46. The summed E-state index contributed by atoms with van der Waals surface area (Å²) < 4.78 is 7.32. The van der Waals surface area contributed by atoms with Crippen molar-refractivity contribution >= 4 is 6.09 Å². The van der Waals surface area contributed by atoms with E-state index in [4.69, 9.17) is 4.74 Å².